The third kappa shape index (κ3) is 4.18. The van der Waals surface area contributed by atoms with E-state index in [-0.39, 0.29) is 17.7 Å². The molecule has 0 heterocycles. The molecule has 0 unspecified atom stereocenters. The van der Waals surface area contributed by atoms with E-state index in [9.17, 15) is 9.50 Å². The van der Waals surface area contributed by atoms with Gasteiger partial charge in [-0.25, -0.2) is 4.39 Å². The van der Waals surface area contributed by atoms with E-state index in [4.69, 9.17) is 4.74 Å². The van der Waals surface area contributed by atoms with E-state index in [0.29, 0.717) is 12.5 Å². The van der Waals surface area contributed by atoms with Gasteiger partial charge >= 0.3 is 0 Å². The summed E-state index contributed by atoms with van der Waals surface area (Å²) < 4.78 is 18.4. The van der Waals surface area contributed by atoms with Gasteiger partial charge in [0, 0.05) is 6.54 Å². The van der Waals surface area contributed by atoms with Crippen molar-refractivity contribution in [3.63, 3.8) is 0 Å². The van der Waals surface area contributed by atoms with E-state index in [2.05, 4.69) is 5.32 Å². The monoisotopic (exact) mass is 267 g/mol. The van der Waals surface area contributed by atoms with Crippen LogP contribution in [-0.2, 0) is 6.54 Å². The van der Waals surface area contributed by atoms with Crippen LogP contribution in [-0.4, -0.2) is 24.9 Å². The minimum Gasteiger partial charge on any atom is -0.494 e. The predicted molar refractivity (Wildman–Crippen MR) is 72.6 cm³/mol. The van der Waals surface area contributed by atoms with Crippen molar-refractivity contribution in [3.8, 4) is 5.75 Å². The van der Waals surface area contributed by atoms with E-state index >= 15 is 0 Å². The van der Waals surface area contributed by atoms with Crippen LogP contribution in [0.15, 0.2) is 18.2 Å². The maximum atomic E-state index is 13.5. The molecule has 0 amide bonds. The summed E-state index contributed by atoms with van der Waals surface area (Å²) in [5.41, 5.74) is 0.925. The molecule has 106 valence electrons. The highest BCUT2D eigenvalue weighted by molar-refractivity contribution is 5.29. The van der Waals surface area contributed by atoms with Gasteiger partial charge in [0.1, 0.15) is 0 Å². The number of aliphatic hydroxyl groups is 1. The highest BCUT2D eigenvalue weighted by Crippen LogP contribution is 2.23. The van der Waals surface area contributed by atoms with Crippen LogP contribution in [0.2, 0.25) is 0 Å². The number of ether oxygens (including phenoxy) is 1. The van der Waals surface area contributed by atoms with Crippen molar-refractivity contribution in [1.82, 2.24) is 5.32 Å². The number of methoxy groups -OCH3 is 1. The second kappa shape index (κ2) is 6.87. The Morgan fingerprint density at radius 1 is 1.32 bits per heavy atom. The smallest absolute Gasteiger partial charge is 0.165 e. The highest BCUT2D eigenvalue weighted by Gasteiger charge is 2.18. The van der Waals surface area contributed by atoms with Gasteiger partial charge in [-0.05, 0) is 55.8 Å². The second-order valence-electron chi connectivity index (χ2n) is 5.27. The Hall–Kier alpha value is -1.13. The van der Waals surface area contributed by atoms with Crippen molar-refractivity contribution in [1.29, 1.82) is 0 Å². The van der Waals surface area contributed by atoms with Gasteiger partial charge in [-0.3, -0.25) is 0 Å². The van der Waals surface area contributed by atoms with Crippen molar-refractivity contribution >= 4 is 0 Å². The molecule has 0 aliphatic heterocycles. The van der Waals surface area contributed by atoms with Crippen LogP contribution in [0.3, 0.4) is 0 Å². The fraction of sp³-hybridized carbons (Fsp3) is 0.600. The molecule has 1 aliphatic carbocycles. The van der Waals surface area contributed by atoms with Crippen LogP contribution < -0.4 is 10.1 Å². The fourth-order valence-corrected chi connectivity index (χ4v) is 2.59. The van der Waals surface area contributed by atoms with E-state index in [1.807, 2.05) is 6.07 Å². The molecule has 1 fully saturated rings. The van der Waals surface area contributed by atoms with Crippen molar-refractivity contribution in [2.24, 2.45) is 5.92 Å². The van der Waals surface area contributed by atoms with Crippen molar-refractivity contribution in [2.75, 3.05) is 13.7 Å². The Kier molecular flexibility index (Phi) is 5.16. The summed E-state index contributed by atoms with van der Waals surface area (Å²) in [4.78, 5) is 0. The maximum Gasteiger partial charge on any atom is 0.165 e. The molecular formula is C15H22FNO2. The molecule has 2 N–H and O–H groups in total. The molecule has 1 aromatic carbocycles. The van der Waals surface area contributed by atoms with Gasteiger partial charge in [0.2, 0.25) is 0 Å². The number of hydrogen-bond acceptors (Lipinski definition) is 3. The van der Waals surface area contributed by atoms with Crippen molar-refractivity contribution < 1.29 is 14.2 Å². The zero-order valence-electron chi connectivity index (χ0n) is 11.4. The van der Waals surface area contributed by atoms with Gasteiger partial charge in [0.05, 0.1) is 13.2 Å². The Bertz CT molecular complexity index is 403. The first-order valence-corrected chi connectivity index (χ1v) is 6.90. The van der Waals surface area contributed by atoms with Gasteiger partial charge in [0.15, 0.2) is 11.6 Å². The molecule has 1 aliphatic rings. The number of aliphatic hydroxyl groups excluding tert-OH is 1. The van der Waals surface area contributed by atoms with Gasteiger partial charge in [0.25, 0.3) is 0 Å². The van der Waals surface area contributed by atoms with Gasteiger partial charge in [-0.2, -0.15) is 0 Å². The van der Waals surface area contributed by atoms with E-state index < -0.39 is 0 Å². The molecule has 0 saturated heterocycles. The van der Waals surface area contributed by atoms with Crippen molar-refractivity contribution in [2.45, 2.75) is 38.3 Å². The molecule has 3 nitrogen and oxygen atoms in total. The first-order valence-electron chi connectivity index (χ1n) is 6.90. The van der Waals surface area contributed by atoms with E-state index in [1.165, 1.54) is 13.2 Å². The lowest BCUT2D eigenvalue weighted by Crippen LogP contribution is -2.27. The summed E-state index contributed by atoms with van der Waals surface area (Å²) in [6.45, 7) is 1.60. The molecule has 1 saturated carbocycles. The molecule has 2 rings (SSSR count). The summed E-state index contributed by atoms with van der Waals surface area (Å²) in [5, 5.41) is 12.8. The van der Waals surface area contributed by atoms with Gasteiger partial charge in [-0.15, -0.1) is 0 Å². The molecule has 4 heteroatoms. The lowest BCUT2D eigenvalue weighted by Gasteiger charge is -2.25. The van der Waals surface area contributed by atoms with Crippen LogP contribution in [0.25, 0.3) is 0 Å². The van der Waals surface area contributed by atoms with Crippen LogP contribution >= 0.6 is 0 Å². The third-order valence-corrected chi connectivity index (χ3v) is 3.79. The Morgan fingerprint density at radius 2 is 2.05 bits per heavy atom. The number of halogens is 1. The zero-order chi connectivity index (χ0) is 13.7. The highest BCUT2D eigenvalue weighted by atomic mass is 19.1. The Balaban J connectivity index is 1.75. The maximum absolute atomic E-state index is 13.5. The Morgan fingerprint density at radius 3 is 2.68 bits per heavy atom. The molecule has 0 spiro atoms. The van der Waals surface area contributed by atoms with E-state index in [0.717, 1.165) is 37.8 Å². The number of rotatable bonds is 5. The third-order valence-electron chi connectivity index (χ3n) is 3.79. The topological polar surface area (TPSA) is 41.5 Å². The number of benzene rings is 1. The standard InChI is InChI=1S/C15H22FNO2/c1-19-15-7-4-12(8-14(15)16)10-17-9-11-2-5-13(18)6-3-11/h4,7-8,11,13,17-18H,2-3,5-6,9-10H2,1H3. The summed E-state index contributed by atoms with van der Waals surface area (Å²) in [5.74, 6) is 0.596. The van der Waals surface area contributed by atoms with Gasteiger partial charge < -0.3 is 15.2 Å². The molecule has 0 radical (unpaired) electrons. The van der Waals surface area contributed by atoms with E-state index in [1.54, 1.807) is 6.07 Å². The summed E-state index contributed by atoms with van der Waals surface area (Å²) >= 11 is 0. The SMILES string of the molecule is COc1ccc(CNCC2CCC(O)CC2)cc1F. The predicted octanol–water partition coefficient (Wildman–Crippen LogP) is 2.48. The summed E-state index contributed by atoms with van der Waals surface area (Å²) in [6.07, 6.45) is 3.86. The minimum absolute atomic E-state index is 0.105. The molecule has 0 atom stereocenters. The fourth-order valence-electron chi connectivity index (χ4n) is 2.59. The second-order valence-corrected chi connectivity index (χ2v) is 5.27. The first-order chi connectivity index (χ1) is 9.19. The number of nitrogens with one attached hydrogen (secondary N) is 1. The molecule has 1 aromatic rings. The summed E-state index contributed by atoms with van der Waals surface area (Å²) in [7, 11) is 1.47. The quantitative estimate of drug-likeness (QED) is 0.861. The van der Waals surface area contributed by atoms with Crippen molar-refractivity contribution in [3.05, 3.63) is 29.6 Å². The lowest BCUT2D eigenvalue weighted by atomic mass is 9.87. The van der Waals surface area contributed by atoms with Gasteiger partial charge in [-0.1, -0.05) is 6.07 Å². The zero-order valence-corrected chi connectivity index (χ0v) is 11.4. The summed E-state index contributed by atoms with van der Waals surface area (Å²) in [6, 6.07) is 5.04. The first kappa shape index (κ1) is 14.3. The Labute approximate surface area is 113 Å². The molecular weight excluding hydrogens is 245 g/mol. The molecule has 0 bridgehead atoms. The lowest BCUT2D eigenvalue weighted by molar-refractivity contribution is 0.108. The average Bonchev–Trinajstić information content (AvgIpc) is 2.41. The molecule has 0 aromatic heterocycles. The molecule has 19 heavy (non-hydrogen) atoms. The average molecular weight is 267 g/mol. The minimum atomic E-state index is -0.317. The normalized spacial score (nSPS) is 23.3. The van der Waals surface area contributed by atoms with Crippen LogP contribution in [0.4, 0.5) is 4.39 Å². The largest absolute Gasteiger partial charge is 0.494 e. The van der Waals surface area contributed by atoms with Crippen LogP contribution in [0.1, 0.15) is 31.2 Å². The van der Waals surface area contributed by atoms with Crippen LogP contribution in [0, 0.1) is 11.7 Å². The number of hydrogen-bond donors (Lipinski definition) is 2. The van der Waals surface area contributed by atoms with Crippen LogP contribution in [0.5, 0.6) is 5.75 Å².